The van der Waals surface area contributed by atoms with Crippen LogP contribution >= 0.6 is 0 Å². The van der Waals surface area contributed by atoms with Crippen LogP contribution in [-0.2, 0) is 0 Å². The van der Waals surface area contributed by atoms with Gasteiger partial charge in [-0.05, 0) is 65.7 Å². The minimum atomic E-state index is 0.633. The average molecular weight is 678 g/mol. The van der Waals surface area contributed by atoms with Crippen LogP contribution in [0.25, 0.3) is 60.9 Å². The number of aromatic nitrogens is 1. The first kappa shape index (κ1) is 30.5. The van der Waals surface area contributed by atoms with E-state index in [9.17, 15) is 5.26 Å². The average Bonchev–Trinajstić information content (AvgIpc) is 3.57. The van der Waals surface area contributed by atoms with Crippen LogP contribution < -0.4 is 9.64 Å². The van der Waals surface area contributed by atoms with Crippen molar-refractivity contribution in [1.29, 1.82) is 5.26 Å². The van der Waals surface area contributed by atoms with Gasteiger partial charge >= 0.3 is 0 Å². The normalized spacial score (nSPS) is 11.9. The van der Waals surface area contributed by atoms with Crippen molar-refractivity contribution >= 4 is 38.9 Å². The number of ether oxygens (including phenoxy) is 1. The predicted molar refractivity (Wildman–Crippen MR) is 217 cm³/mol. The van der Waals surface area contributed by atoms with Crippen LogP contribution in [-0.4, -0.2) is 4.57 Å². The van der Waals surface area contributed by atoms with E-state index in [4.69, 9.17) is 4.74 Å². The van der Waals surface area contributed by atoms with E-state index in [1.807, 2.05) is 24.3 Å². The fraction of sp³-hybridized carbons (Fsp3) is 0. The number of para-hydroxylation sites is 7. The van der Waals surface area contributed by atoms with Gasteiger partial charge in [0, 0.05) is 38.7 Å². The molecule has 53 heavy (non-hydrogen) atoms. The van der Waals surface area contributed by atoms with Crippen molar-refractivity contribution in [3.05, 3.63) is 194 Å². The first-order chi connectivity index (χ1) is 26.3. The van der Waals surface area contributed by atoms with Crippen molar-refractivity contribution in [1.82, 2.24) is 4.57 Å². The molecule has 8 aromatic carbocycles. The van der Waals surface area contributed by atoms with Crippen LogP contribution in [0.2, 0.25) is 0 Å². The van der Waals surface area contributed by atoms with Gasteiger partial charge in [0.05, 0.1) is 33.7 Å². The van der Waals surface area contributed by atoms with E-state index >= 15 is 0 Å². The summed E-state index contributed by atoms with van der Waals surface area (Å²) in [7, 11) is 0. The molecule has 9 aromatic rings. The summed E-state index contributed by atoms with van der Waals surface area (Å²) in [5.41, 5.74) is 12.7. The maximum absolute atomic E-state index is 10.9. The number of hydrogen-bond donors (Lipinski definition) is 0. The van der Waals surface area contributed by atoms with E-state index in [-0.39, 0.29) is 0 Å². The third-order valence-electron chi connectivity index (χ3n) is 10.2. The Morgan fingerprint density at radius 2 is 0.981 bits per heavy atom. The number of hydrogen-bond acceptors (Lipinski definition) is 3. The topological polar surface area (TPSA) is 41.2 Å². The second-order valence-corrected chi connectivity index (χ2v) is 13.2. The molecule has 0 fully saturated rings. The van der Waals surface area contributed by atoms with Crippen molar-refractivity contribution in [3.8, 4) is 56.6 Å². The molecule has 1 aromatic heterocycles. The number of benzene rings is 8. The van der Waals surface area contributed by atoms with Crippen LogP contribution in [0.3, 0.4) is 0 Å². The molecule has 4 nitrogen and oxygen atoms in total. The van der Waals surface area contributed by atoms with Gasteiger partial charge in [-0.25, -0.2) is 0 Å². The summed E-state index contributed by atoms with van der Waals surface area (Å²) < 4.78 is 9.02. The summed E-state index contributed by atoms with van der Waals surface area (Å²) >= 11 is 0. The van der Waals surface area contributed by atoms with Crippen molar-refractivity contribution in [2.24, 2.45) is 0 Å². The molecular formula is C49H31N3O. The number of anilines is 3. The molecular weight excluding hydrogens is 647 g/mol. The molecule has 0 spiro atoms. The highest BCUT2D eigenvalue weighted by molar-refractivity contribution is 6.10. The molecule has 2 heterocycles. The van der Waals surface area contributed by atoms with Crippen LogP contribution in [0.4, 0.5) is 17.1 Å². The smallest absolute Gasteiger partial charge is 0.159 e. The lowest BCUT2D eigenvalue weighted by Crippen LogP contribution is -2.16. The second-order valence-electron chi connectivity index (χ2n) is 13.2. The Kier molecular flexibility index (Phi) is 7.16. The molecule has 0 bridgehead atoms. The molecule has 1 aliphatic rings. The highest BCUT2D eigenvalue weighted by atomic mass is 16.5. The fourth-order valence-electron chi connectivity index (χ4n) is 7.93. The Hall–Kier alpha value is -7.35. The first-order valence-corrected chi connectivity index (χ1v) is 17.8. The van der Waals surface area contributed by atoms with Gasteiger partial charge in [0.1, 0.15) is 6.07 Å². The van der Waals surface area contributed by atoms with Gasteiger partial charge in [-0.2, -0.15) is 5.26 Å². The van der Waals surface area contributed by atoms with E-state index in [1.165, 1.54) is 10.8 Å². The van der Waals surface area contributed by atoms with Gasteiger partial charge in [-0.15, -0.1) is 0 Å². The first-order valence-electron chi connectivity index (χ1n) is 17.8. The summed E-state index contributed by atoms with van der Waals surface area (Å²) in [5, 5.41) is 13.3. The summed E-state index contributed by atoms with van der Waals surface area (Å²) in [6.45, 7) is 0. The number of rotatable bonds is 5. The Morgan fingerprint density at radius 1 is 0.434 bits per heavy atom. The van der Waals surface area contributed by atoms with Crippen LogP contribution in [0.1, 0.15) is 5.56 Å². The highest BCUT2D eigenvalue weighted by Crippen LogP contribution is 2.53. The quantitative estimate of drug-likeness (QED) is 0.182. The Labute approximate surface area is 307 Å². The number of fused-ring (bicyclic) bond motifs is 5. The summed E-state index contributed by atoms with van der Waals surface area (Å²) in [4.78, 5) is 2.26. The molecule has 0 unspecified atom stereocenters. The summed E-state index contributed by atoms with van der Waals surface area (Å²) in [6, 6.07) is 67.5. The Bertz CT molecular complexity index is 2850. The van der Waals surface area contributed by atoms with Crippen molar-refractivity contribution in [2.75, 3.05) is 4.90 Å². The third-order valence-corrected chi connectivity index (χ3v) is 10.2. The predicted octanol–water partition coefficient (Wildman–Crippen LogP) is 13.2. The van der Waals surface area contributed by atoms with Crippen molar-refractivity contribution in [3.63, 3.8) is 0 Å². The number of nitrogens with zero attached hydrogens (tertiary/aromatic N) is 3. The third kappa shape index (κ3) is 4.91. The standard InChI is InChI=1S/C49H31N3O/c50-32-42-36(22-13-24-38(42)39-19-4-7-25-43(39)52-44-26-8-5-20-40(44)41-21-6-9-27-45(41)52)33-15-12-16-34(31-33)37-23-14-29-47-49(37)53-48-30-11-10-28-46(48)51(47)35-17-2-1-3-18-35/h1-31H. The lowest BCUT2D eigenvalue weighted by atomic mass is 9.90. The highest BCUT2D eigenvalue weighted by Gasteiger charge is 2.28. The van der Waals surface area contributed by atoms with Gasteiger partial charge in [0.15, 0.2) is 11.5 Å². The molecule has 0 atom stereocenters. The zero-order valence-corrected chi connectivity index (χ0v) is 28.6. The van der Waals surface area contributed by atoms with E-state index < -0.39 is 0 Å². The van der Waals surface area contributed by atoms with E-state index in [0.29, 0.717) is 5.56 Å². The molecule has 0 radical (unpaired) electrons. The number of nitriles is 1. The molecule has 0 N–H and O–H groups in total. The van der Waals surface area contributed by atoms with Crippen LogP contribution in [0.5, 0.6) is 11.5 Å². The Morgan fingerprint density at radius 3 is 1.75 bits per heavy atom. The molecule has 4 heteroatoms. The SMILES string of the molecule is N#Cc1c(-c2cccc(-c3cccc4c3Oc3ccccc3N4c3ccccc3)c2)cccc1-c1ccccc1-n1c2ccccc2c2ccccc21. The fourth-order valence-corrected chi connectivity index (χ4v) is 7.93. The lowest BCUT2D eigenvalue weighted by Gasteiger charge is -2.34. The molecule has 0 saturated carbocycles. The summed E-state index contributed by atoms with van der Waals surface area (Å²) in [5.74, 6) is 1.59. The van der Waals surface area contributed by atoms with Crippen molar-refractivity contribution in [2.45, 2.75) is 0 Å². The largest absolute Gasteiger partial charge is 0.452 e. The zero-order chi connectivity index (χ0) is 35.3. The molecule has 0 saturated heterocycles. The van der Waals surface area contributed by atoms with Crippen molar-refractivity contribution < 1.29 is 4.74 Å². The van der Waals surface area contributed by atoms with Crippen LogP contribution in [0.15, 0.2) is 188 Å². The molecule has 248 valence electrons. The molecule has 0 amide bonds. The summed E-state index contributed by atoms with van der Waals surface area (Å²) in [6.07, 6.45) is 0. The molecule has 0 aliphatic carbocycles. The zero-order valence-electron chi connectivity index (χ0n) is 28.6. The maximum Gasteiger partial charge on any atom is 0.159 e. The minimum Gasteiger partial charge on any atom is -0.452 e. The second kappa shape index (κ2) is 12.5. The van der Waals surface area contributed by atoms with Gasteiger partial charge in [-0.1, -0.05) is 133 Å². The van der Waals surface area contributed by atoms with E-state index in [0.717, 1.165) is 78.7 Å². The minimum absolute atomic E-state index is 0.633. The molecule has 10 rings (SSSR count). The van der Waals surface area contributed by atoms with Gasteiger partial charge in [0.25, 0.3) is 0 Å². The van der Waals surface area contributed by atoms with Gasteiger partial charge in [0.2, 0.25) is 0 Å². The monoisotopic (exact) mass is 677 g/mol. The lowest BCUT2D eigenvalue weighted by molar-refractivity contribution is 0.479. The van der Waals surface area contributed by atoms with E-state index in [2.05, 4.69) is 179 Å². The Balaban J connectivity index is 1.11. The van der Waals surface area contributed by atoms with Gasteiger partial charge < -0.3 is 14.2 Å². The van der Waals surface area contributed by atoms with Crippen LogP contribution in [0, 0.1) is 11.3 Å². The van der Waals surface area contributed by atoms with E-state index in [1.54, 1.807) is 0 Å². The maximum atomic E-state index is 10.9. The molecule has 1 aliphatic heterocycles. The van der Waals surface area contributed by atoms with Gasteiger partial charge in [-0.3, -0.25) is 0 Å².